The van der Waals surface area contributed by atoms with Crippen molar-refractivity contribution >= 4 is 23.5 Å². The topological polar surface area (TPSA) is 59.1 Å². The predicted octanol–water partition coefficient (Wildman–Crippen LogP) is 3.80. The third-order valence-corrected chi connectivity index (χ3v) is 5.33. The fourth-order valence-corrected chi connectivity index (χ4v) is 3.71. The Kier molecular flexibility index (Phi) is 7.71. The summed E-state index contributed by atoms with van der Waals surface area (Å²) in [6.07, 6.45) is 0. The number of rotatable bonds is 7. The van der Waals surface area contributed by atoms with Gasteiger partial charge in [0.2, 0.25) is 0 Å². The number of amides is 1. The molecule has 160 valence electrons. The molecule has 1 amide bonds. The van der Waals surface area contributed by atoms with E-state index in [1.165, 1.54) is 0 Å². The maximum absolute atomic E-state index is 12.8. The molecule has 0 saturated carbocycles. The van der Waals surface area contributed by atoms with Gasteiger partial charge in [0, 0.05) is 36.8 Å². The lowest BCUT2D eigenvalue weighted by Crippen LogP contribution is -2.51. The number of hydrogen-bond donors (Lipinski definition) is 0. The zero-order chi connectivity index (χ0) is 21.5. The van der Waals surface area contributed by atoms with Gasteiger partial charge in [-0.25, -0.2) is 4.79 Å². The van der Waals surface area contributed by atoms with E-state index in [0.29, 0.717) is 50.0 Å². The van der Waals surface area contributed by atoms with Crippen molar-refractivity contribution in [2.75, 3.05) is 39.4 Å². The number of carbonyl (C=O) groups is 2. The highest BCUT2D eigenvalue weighted by atomic mass is 35.5. The van der Waals surface area contributed by atoms with Crippen LogP contribution in [0.2, 0.25) is 5.02 Å². The van der Waals surface area contributed by atoms with E-state index in [1.807, 2.05) is 36.1 Å². The first-order valence-corrected chi connectivity index (χ1v) is 10.6. The molecule has 1 saturated heterocycles. The number of piperazine rings is 1. The van der Waals surface area contributed by atoms with E-state index < -0.39 is 6.04 Å². The van der Waals surface area contributed by atoms with Crippen LogP contribution in [0.15, 0.2) is 48.5 Å². The maximum atomic E-state index is 12.8. The monoisotopic (exact) mass is 430 g/mol. The average molecular weight is 431 g/mol. The molecule has 2 aromatic carbocycles. The number of ether oxygens (including phenoxy) is 2. The maximum Gasteiger partial charge on any atom is 0.328 e. The van der Waals surface area contributed by atoms with E-state index in [-0.39, 0.29) is 11.9 Å². The minimum absolute atomic E-state index is 0.0168. The van der Waals surface area contributed by atoms with Crippen LogP contribution in [-0.4, -0.2) is 61.1 Å². The van der Waals surface area contributed by atoms with E-state index in [2.05, 4.69) is 4.90 Å². The van der Waals surface area contributed by atoms with Gasteiger partial charge in [-0.05, 0) is 55.8 Å². The first kappa shape index (κ1) is 22.1. The zero-order valence-electron chi connectivity index (χ0n) is 17.3. The molecule has 7 heteroatoms. The standard InChI is InChI=1S/C23H27ClN2O4/c1-3-29-20-11-7-18(8-12-20)22(27)26-15-13-25(14-16-26)21(23(28)30-4-2)17-5-9-19(24)10-6-17/h5-12,21H,3-4,13-16H2,1-2H3. The van der Waals surface area contributed by atoms with Crippen LogP contribution < -0.4 is 4.74 Å². The van der Waals surface area contributed by atoms with Gasteiger partial charge in [0.05, 0.1) is 13.2 Å². The number of esters is 1. The summed E-state index contributed by atoms with van der Waals surface area (Å²) in [5, 5.41) is 0.618. The first-order chi connectivity index (χ1) is 14.5. The van der Waals surface area contributed by atoms with Crippen molar-refractivity contribution in [3.05, 3.63) is 64.7 Å². The number of carbonyl (C=O) groups excluding carboxylic acids is 2. The Balaban J connectivity index is 1.67. The summed E-state index contributed by atoms with van der Waals surface area (Å²) in [6.45, 7) is 6.86. The van der Waals surface area contributed by atoms with Crippen LogP contribution in [-0.2, 0) is 9.53 Å². The van der Waals surface area contributed by atoms with Crippen molar-refractivity contribution in [1.29, 1.82) is 0 Å². The quantitative estimate of drug-likeness (QED) is 0.625. The lowest BCUT2D eigenvalue weighted by Gasteiger charge is -2.38. The third-order valence-electron chi connectivity index (χ3n) is 5.07. The Morgan fingerprint density at radius 3 is 2.13 bits per heavy atom. The van der Waals surface area contributed by atoms with Crippen molar-refractivity contribution < 1.29 is 19.1 Å². The molecular weight excluding hydrogens is 404 g/mol. The highest BCUT2D eigenvalue weighted by Crippen LogP contribution is 2.26. The van der Waals surface area contributed by atoms with E-state index >= 15 is 0 Å². The first-order valence-electron chi connectivity index (χ1n) is 10.2. The number of benzene rings is 2. The summed E-state index contributed by atoms with van der Waals surface area (Å²) in [5.41, 5.74) is 1.47. The Bertz CT molecular complexity index is 847. The van der Waals surface area contributed by atoms with Crippen LogP contribution in [0, 0.1) is 0 Å². The molecule has 1 heterocycles. The van der Waals surface area contributed by atoms with Crippen molar-refractivity contribution in [2.24, 2.45) is 0 Å². The molecule has 1 unspecified atom stereocenters. The summed E-state index contributed by atoms with van der Waals surface area (Å²) in [5.74, 6) is 0.446. The molecule has 1 aliphatic heterocycles. The smallest absolute Gasteiger partial charge is 0.328 e. The van der Waals surface area contributed by atoms with Gasteiger partial charge in [-0.1, -0.05) is 23.7 Å². The molecule has 3 rings (SSSR count). The molecule has 30 heavy (non-hydrogen) atoms. The highest BCUT2D eigenvalue weighted by Gasteiger charge is 2.32. The van der Waals surface area contributed by atoms with Gasteiger partial charge >= 0.3 is 5.97 Å². The van der Waals surface area contributed by atoms with Crippen molar-refractivity contribution in [3.63, 3.8) is 0 Å². The number of halogens is 1. The Morgan fingerprint density at radius 2 is 1.57 bits per heavy atom. The average Bonchev–Trinajstić information content (AvgIpc) is 2.76. The van der Waals surface area contributed by atoms with Crippen LogP contribution in [0.3, 0.4) is 0 Å². The molecule has 1 atom stereocenters. The lowest BCUT2D eigenvalue weighted by atomic mass is 10.0. The van der Waals surface area contributed by atoms with Gasteiger partial charge in [-0.2, -0.15) is 0 Å². The molecule has 0 aromatic heterocycles. The summed E-state index contributed by atoms with van der Waals surface area (Å²) >= 11 is 6.00. The molecule has 1 fully saturated rings. The zero-order valence-corrected chi connectivity index (χ0v) is 18.1. The van der Waals surface area contributed by atoms with Crippen molar-refractivity contribution in [2.45, 2.75) is 19.9 Å². The van der Waals surface area contributed by atoms with Gasteiger partial charge in [0.15, 0.2) is 0 Å². The molecule has 1 aliphatic rings. The summed E-state index contributed by atoms with van der Waals surface area (Å²) in [7, 11) is 0. The normalized spacial score (nSPS) is 15.5. The van der Waals surface area contributed by atoms with E-state index in [0.717, 1.165) is 11.3 Å². The summed E-state index contributed by atoms with van der Waals surface area (Å²) in [6, 6.07) is 13.9. The van der Waals surface area contributed by atoms with E-state index in [4.69, 9.17) is 21.1 Å². The molecule has 2 aromatic rings. The van der Waals surface area contributed by atoms with Crippen molar-refractivity contribution in [3.8, 4) is 5.75 Å². The number of nitrogens with zero attached hydrogens (tertiary/aromatic N) is 2. The van der Waals surface area contributed by atoms with Gasteiger partial charge < -0.3 is 14.4 Å². The van der Waals surface area contributed by atoms with Crippen LogP contribution >= 0.6 is 11.6 Å². The summed E-state index contributed by atoms with van der Waals surface area (Å²) < 4.78 is 10.7. The lowest BCUT2D eigenvalue weighted by molar-refractivity contribution is -0.150. The highest BCUT2D eigenvalue weighted by molar-refractivity contribution is 6.30. The molecule has 0 radical (unpaired) electrons. The van der Waals surface area contributed by atoms with Gasteiger partial charge in [-0.15, -0.1) is 0 Å². The minimum atomic E-state index is -0.509. The molecule has 0 spiro atoms. The molecule has 6 nitrogen and oxygen atoms in total. The Labute approximate surface area is 182 Å². The number of hydrogen-bond acceptors (Lipinski definition) is 5. The second-order valence-electron chi connectivity index (χ2n) is 6.99. The fourth-order valence-electron chi connectivity index (χ4n) is 3.59. The minimum Gasteiger partial charge on any atom is -0.494 e. The third kappa shape index (κ3) is 5.32. The van der Waals surface area contributed by atoms with Gasteiger partial charge in [0.25, 0.3) is 5.91 Å². The molecule has 0 aliphatic carbocycles. The Morgan fingerprint density at radius 1 is 0.933 bits per heavy atom. The van der Waals surface area contributed by atoms with Gasteiger partial charge in [-0.3, -0.25) is 9.69 Å². The predicted molar refractivity (Wildman–Crippen MR) is 116 cm³/mol. The van der Waals surface area contributed by atoms with Crippen LogP contribution in [0.25, 0.3) is 0 Å². The van der Waals surface area contributed by atoms with Crippen LogP contribution in [0.5, 0.6) is 5.75 Å². The van der Waals surface area contributed by atoms with E-state index in [9.17, 15) is 9.59 Å². The fraction of sp³-hybridized carbons (Fsp3) is 0.391. The molecule has 0 bridgehead atoms. The van der Waals surface area contributed by atoms with E-state index in [1.54, 1.807) is 31.2 Å². The second-order valence-corrected chi connectivity index (χ2v) is 7.43. The summed E-state index contributed by atoms with van der Waals surface area (Å²) in [4.78, 5) is 29.4. The van der Waals surface area contributed by atoms with Gasteiger partial charge in [0.1, 0.15) is 11.8 Å². The van der Waals surface area contributed by atoms with Crippen LogP contribution in [0.4, 0.5) is 0 Å². The second kappa shape index (κ2) is 10.5. The largest absolute Gasteiger partial charge is 0.494 e. The van der Waals surface area contributed by atoms with Crippen LogP contribution in [0.1, 0.15) is 35.8 Å². The SMILES string of the molecule is CCOC(=O)C(c1ccc(Cl)cc1)N1CCN(C(=O)c2ccc(OCC)cc2)CC1. The Hall–Kier alpha value is -2.57. The van der Waals surface area contributed by atoms with Crippen molar-refractivity contribution in [1.82, 2.24) is 9.80 Å². The molecular formula is C23H27ClN2O4. The molecule has 0 N–H and O–H groups in total.